The SMILES string of the molecule is CNC(=O)CN(CC(=O)O)C(=O)CNC(=O)CN. The Kier molecular flexibility index (Phi) is 7.05. The highest BCUT2D eigenvalue weighted by Crippen LogP contribution is 1.90. The second-order valence-corrected chi connectivity index (χ2v) is 3.30. The molecular weight excluding hydrogens is 244 g/mol. The molecule has 0 spiro atoms. The summed E-state index contributed by atoms with van der Waals surface area (Å²) in [7, 11) is 1.36. The van der Waals surface area contributed by atoms with Crippen molar-refractivity contribution in [1.82, 2.24) is 15.5 Å². The number of carboxylic acid groups (broad SMARTS) is 1. The van der Waals surface area contributed by atoms with Crippen LogP contribution in [0.5, 0.6) is 0 Å². The summed E-state index contributed by atoms with van der Waals surface area (Å²) < 4.78 is 0. The van der Waals surface area contributed by atoms with Crippen LogP contribution in [0, 0.1) is 0 Å². The van der Waals surface area contributed by atoms with Gasteiger partial charge in [0.05, 0.1) is 13.1 Å². The summed E-state index contributed by atoms with van der Waals surface area (Å²) in [4.78, 5) is 44.9. The molecular formula is C9H16N4O5. The number of nitrogens with one attached hydrogen (secondary N) is 2. The van der Waals surface area contributed by atoms with Crippen LogP contribution in [-0.2, 0) is 19.2 Å². The van der Waals surface area contributed by atoms with E-state index in [0.29, 0.717) is 0 Å². The zero-order valence-corrected chi connectivity index (χ0v) is 9.93. The van der Waals surface area contributed by atoms with Crippen LogP contribution in [-0.4, -0.2) is 66.9 Å². The van der Waals surface area contributed by atoms with E-state index in [1.54, 1.807) is 0 Å². The number of likely N-dealkylation sites (N-methyl/N-ethyl adjacent to an activating group) is 1. The number of nitrogens with two attached hydrogens (primary N) is 1. The number of carbonyl (C=O) groups is 4. The molecule has 0 saturated carbocycles. The van der Waals surface area contributed by atoms with Crippen LogP contribution in [0.2, 0.25) is 0 Å². The molecule has 0 rings (SSSR count). The Balaban J connectivity index is 4.44. The van der Waals surface area contributed by atoms with E-state index >= 15 is 0 Å². The smallest absolute Gasteiger partial charge is 0.323 e. The minimum absolute atomic E-state index is 0.276. The van der Waals surface area contributed by atoms with Gasteiger partial charge in [0.1, 0.15) is 13.1 Å². The van der Waals surface area contributed by atoms with Gasteiger partial charge in [-0.2, -0.15) is 0 Å². The lowest BCUT2D eigenvalue weighted by Crippen LogP contribution is -2.47. The van der Waals surface area contributed by atoms with Crippen LogP contribution >= 0.6 is 0 Å². The minimum Gasteiger partial charge on any atom is -0.480 e. The maximum Gasteiger partial charge on any atom is 0.323 e. The zero-order chi connectivity index (χ0) is 14.1. The predicted molar refractivity (Wildman–Crippen MR) is 60.3 cm³/mol. The molecule has 0 radical (unpaired) electrons. The molecule has 0 unspecified atom stereocenters. The molecule has 0 heterocycles. The third kappa shape index (κ3) is 6.43. The van der Waals surface area contributed by atoms with E-state index in [1.165, 1.54) is 7.05 Å². The molecule has 0 aliphatic carbocycles. The largest absolute Gasteiger partial charge is 0.480 e. The molecule has 0 saturated heterocycles. The van der Waals surface area contributed by atoms with Gasteiger partial charge in [-0.05, 0) is 0 Å². The molecule has 3 amide bonds. The molecule has 9 nitrogen and oxygen atoms in total. The van der Waals surface area contributed by atoms with Crippen molar-refractivity contribution in [2.75, 3.05) is 33.2 Å². The molecule has 9 heteroatoms. The van der Waals surface area contributed by atoms with Crippen molar-refractivity contribution in [3.63, 3.8) is 0 Å². The highest BCUT2D eigenvalue weighted by molar-refractivity contribution is 5.90. The minimum atomic E-state index is -1.25. The third-order valence-electron chi connectivity index (χ3n) is 1.91. The number of hydrogen-bond acceptors (Lipinski definition) is 5. The lowest BCUT2D eigenvalue weighted by atomic mass is 10.4. The predicted octanol–water partition coefficient (Wildman–Crippen LogP) is -3.28. The molecule has 0 aromatic rings. The highest BCUT2D eigenvalue weighted by Gasteiger charge is 2.19. The van der Waals surface area contributed by atoms with Gasteiger partial charge in [0, 0.05) is 7.05 Å². The molecule has 0 aromatic heterocycles. The van der Waals surface area contributed by atoms with Crippen LogP contribution in [0.3, 0.4) is 0 Å². The van der Waals surface area contributed by atoms with Gasteiger partial charge < -0.3 is 26.4 Å². The van der Waals surface area contributed by atoms with Crippen molar-refractivity contribution >= 4 is 23.7 Å². The van der Waals surface area contributed by atoms with E-state index in [0.717, 1.165) is 4.90 Å². The maximum absolute atomic E-state index is 11.6. The molecule has 0 fully saturated rings. The van der Waals surface area contributed by atoms with Gasteiger partial charge >= 0.3 is 5.97 Å². The number of carbonyl (C=O) groups excluding carboxylic acids is 3. The zero-order valence-electron chi connectivity index (χ0n) is 9.93. The van der Waals surface area contributed by atoms with E-state index in [-0.39, 0.29) is 13.1 Å². The Labute approximate surface area is 103 Å². The Morgan fingerprint density at radius 3 is 2.22 bits per heavy atom. The normalized spacial score (nSPS) is 9.44. The van der Waals surface area contributed by atoms with E-state index < -0.39 is 36.8 Å². The molecule has 0 aliphatic heterocycles. The van der Waals surface area contributed by atoms with Gasteiger partial charge in [-0.1, -0.05) is 0 Å². The van der Waals surface area contributed by atoms with Crippen molar-refractivity contribution in [3.8, 4) is 0 Å². The van der Waals surface area contributed by atoms with Crippen LogP contribution < -0.4 is 16.4 Å². The fourth-order valence-electron chi connectivity index (χ4n) is 1.01. The van der Waals surface area contributed by atoms with E-state index in [4.69, 9.17) is 10.8 Å². The summed E-state index contributed by atoms with van der Waals surface area (Å²) in [6.45, 7) is -1.69. The first kappa shape index (κ1) is 15.8. The number of aliphatic carboxylic acids is 1. The maximum atomic E-state index is 11.6. The van der Waals surface area contributed by atoms with Gasteiger partial charge in [0.15, 0.2) is 0 Å². The summed E-state index contributed by atoms with van der Waals surface area (Å²) in [5, 5.41) is 13.1. The van der Waals surface area contributed by atoms with Crippen LogP contribution in [0.25, 0.3) is 0 Å². The van der Waals surface area contributed by atoms with Gasteiger partial charge in [-0.3, -0.25) is 19.2 Å². The van der Waals surface area contributed by atoms with Crippen molar-refractivity contribution in [2.45, 2.75) is 0 Å². The second kappa shape index (κ2) is 8.01. The fraction of sp³-hybridized carbons (Fsp3) is 0.556. The highest BCUT2D eigenvalue weighted by atomic mass is 16.4. The van der Waals surface area contributed by atoms with Gasteiger partial charge in [0.2, 0.25) is 17.7 Å². The molecule has 0 aliphatic rings. The Morgan fingerprint density at radius 2 is 1.78 bits per heavy atom. The van der Waals surface area contributed by atoms with Crippen molar-refractivity contribution < 1.29 is 24.3 Å². The fourth-order valence-corrected chi connectivity index (χ4v) is 1.01. The topological polar surface area (TPSA) is 142 Å². The number of hydrogen-bond donors (Lipinski definition) is 4. The molecule has 0 bridgehead atoms. The Morgan fingerprint density at radius 1 is 1.17 bits per heavy atom. The molecule has 102 valence electrons. The van der Waals surface area contributed by atoms with E-state index in [2.05, 4.69) is 10.6 Å². The summed E-state index contributed by atoms with van der Waals surface area (Å²) in [6, 6.07) is 0. The number of amides is 3. The first-order valence-electron chi connectivity index (χ1n) is 5.07. The summed E-state index contributed by atoms with van der Waals surface area (Å²) in [6.07, 6.45) is 0. The van der Waals surface area contributed by atoms with Gasteiger partial charge in [0.25, 0.3) is 0 Å². The lowest BCUT2D eigenvalue weighted by Gasteiger charge is -2.19. The van der Waals surface area contributed by atoms with Crippen molar-refractivity contribution in [2.24, 2.45) is 5.73 Å². The number of carboxylic acids is 1. The standard InChI is InChI=1S/C9H16N4O5/c1-11-7(15)4-13(5-9(17)18)8(16)3-12-6(14)2-10/h2-5,10H2,1H3,(H,11,15)(H,12,14)(H,17,18). The second-order valence-electron chi connectivity index (χ2n) is 3.30. The molecule has 5 N–H and O–H groups in total. The van der Waals surface area contributed by atoms with Crippen molar-refractivity contribution in [1.29, 1.82) is 0 Å². The summed E-state index contributed by atoms with van der Waals surface area (Å²) in [5.41, 5.74) is 5.02. The average Bonchev–Trinajstić information content (AvgIpc) is 2.33. The molecule has 0 atom stereocenters. The summed E-state index contributed by atoms with van der Waals surface area (Å²) >= 11 is 0. The Bertz CT molecular complexity index is 344. The van der Waals surface area contributed by atoms with Gasteiger partial charge in [-0.25, -0.2) is 0 Å². The molecule has 0 aromatic carbocycles. The van der Waals surface area contributed by atoms with Crippen LogP contribution in [0.4, 0.5) is 0 Å². The Hall–Kier alpha value is -2.16. The van der Waals surface area contributed by atoms with Crippen molar-refractivity contribution in [3.05, 3.63) is 0 Å². The third-order valence-corrected chi connectivity index (χ3v) is 1.91. The average molecular weight is 260 g/mol. The van der Waals surface area contributed by atoms with E-state index in [9.17, 15) is 19.2 Å². The van der Waals surface area contributed by atoms with Crippen LogP contribution in [0.15, 0.2) is 0 Å². The monoisotopic (exact) mass is 260 g/mol. The molecule has 18 heavy (non-hydrogen) atoms. The first-order chi connectivity index (χ1) is 8.40. The van der Waals surface area contributed by atoms with E-state index in [1.807, 2.05) is 0 Å². The first-order valence-corrected chi connectivity index (χ1v) is 5.07. The van der Waals surface area contributed by atoms with Crippen LogP contribution in [0.1, 0.15) is 0 Å². The summed E-state index contributed by atoms with van der Waals surface area (Å²) in [5.74, 6) is -2.98. The quantitative estimate of drug-likeness (QED) is 0.378. The number of nitrogens with zero attached hydrogens (tertiary/aromatic N) is 1. The number of rotatable bonds is 7. The lowest BCUT2D eigenvalue weighted by molar-refractivity contribution is -0.145. The van der Waals surface area contributed by atoms with Gasteiger partial charge in [-0.15, -0.1) is 0 Å².